The summed E-state index contributed by atoms with van der Waals surface area (Å²) in [5.41, 5.74) is 1.15. The third-order valence-corrected chi connectivity index (χ3v) is 2.79. The first kappa shape index (κ1) is 17.9. The zero-order valence-corrected chi connectivity index (χ0v) is 13.6. The van der Waals surface area contributed by atoms with Gasteiger partial charge < -0.3 is 19.5 Å². The molecule has 0 saturated heterocycles. The van der Waals surface area contributed by atoms with Crippen molar-refractivity contribution in [1.82, 2.24) is 10.3 Å². The quantitative estimate of drug-likeness (QED) is 0.672. The van der Waals surface area contributed by atoms with E-state index in [1.54, 1.807) is 13.3 Å². The van der Waals surface area contributed by atoms with Gasteiger partial charge in [0.05, 0.1) is 19.8 Å². The smallest absolute Gasteiger partial charge is 0.126 e. The Kier molecular flexibility index (Phi) is 8.27. The fraction of sp³-hybridized carbons (Fsp3) is 0.688. The Labute approximate surface area is 128 Å². The number of nitrogens with one attached hydrogen (secondary N) is 1. The van der Waals surface area contributed by atoms with E-state index in [-0.39, 0.29) is 5.54 Å². The fourth-order valence-electron chi connectivity index (χ4n) is 1.64. The van der Waals surface area contributed by atoms with E-state index in [9.17, 15) is 0 Å². The van der Waals surface area contributed by atoms with Crippen molar-refractivity contribution in [2.45, 2.75) is 39.3 Å². The maximum Gasteiger partial charge on any atom is 0.126 e. The third kappa shape index (κ3) is 8.65. The van der Waals surface area contributed by atoms with Gasteiger partial charge in [-0.2, -0.15) is 0 Å². The fourth-order valence-corrected chi connectivity index (χ4v) is 1.64. The molecule has 0 radical (unpaired) electrons. The Bertz CT molecular complexity index is 391. The Morgan fingerprint density at radius 3 is 2.67 bits per heavy atom. The molecular formula is C16H28N2O3. The van der Waals surface area contributed by atoms with Gasteiger partial charge in [0.2, 0.25) is 0 Å². The molecule has 0 aliphatic carbocycles. The molecule has 1 N–H and O–H groups in total. The minimum atomic E-state index is 0.0717. The van der Waals surface area contributed by atoms with E-state index in [1.807, 2.05) is 12.3 Å². The van der Waals surface area contributed by atoms with Crippen LogP contribution in [-0.4, -0.2) is 44.1 Å². The molecule has 0 bridgehead atoms. The second-order valence-electron chi connectivity index (χ2n) is 5.89. The highest BCUT2D eigenvalue weighted by Gasteiger charge is 2.11. The minimum Gasteiger partial charge on any atom is -0.493 e. The topological polar surface area (TPSA) is 52.6 Å². The van der Waals surface area contributed by atoms with Crippen LogP contribution in [0.1, 0.15) is 32.8 Å². The predicted molar refractivity (Wildman–Crippen MR) is 83.6 cm³/mol. The number of nitrogens with zero attached hydrogens (tertiary/aromatic N) is 1. The zero-order valence-electron chi connectivity index (χ0n) is 13.6. The van der Waals surface area contributed by atoms with Gasteiger partial charge in [-0.05, 0) is 26.8 Å². The van der Waals surface area contributed by atoms with Crippen LogP contribution in [0.25, 0.3) is 0 Å². The van der Waals surface area contributed by atoms with Crippen LogP contribution in [0.3, 0.4) is 0 Å². The van der Waals surface area contributed by atoms with Crippen molar-refractivity contribution in [2.75, 3.05) is 33.5 Å². The largest absolute Gasteiger partial charge is 0.493 e. The van der Waals surface area contributed by atoms with Gasteiger partial charge in [-0.25, -0.2) is 0 Å². The summed E-state index contributed by atoms with van der Waals surface area (Å²) in [6.07, 6.45) is 4.46. The molecule has 5 heteroatoms. The SMILES string of the molecule is COCCOCCCOc1ccncc1CNC(C)(C)C. The van der Waals surface area contributed by atoms with E-state index in [2.05, 4.69) is 31.1 Å². The number of rotatable bonds is 10. The van der Waals surface area contributed by atoms with Crippen LogP contribution in [0, 0.1) is 0 Å². The molecule has 0 unspecified atom stereocenters. The van der Waals surface area contributed by atoms with Crippen LogP contribution in [0.5, 0.6) is 5.75 Å². The number of pyridine rings is 1. The Hall–Kier alpha value is -1.17. The average molecular weight is 296 g/mol. The molecule has 0 amide bonds. The van der Waals surface area contributed by atoms with Crippen molar-refractivity contribution in [2.24, 2.45) is 0 Å². The van der Waals surface area contributed by atoms with E-state index in [1.165, 1.54) is 0 Å². The molecule has 5 nitrogen and oxygen atoms in total. The molecule has 0 saturated carbocycles. The minimum absolute atomic E-state index is 0.0717. The molecule has 120 valence electrons. The summed E-state index contributed by atoms with van der Waals surface area (Å²) < 4.78 is 16.1. The predicted octanol–water partition coefficient (Wildman–Crippen LogP) is 2.40. The Morgan fingerprint density at radius 2 is 1.95 bits per heavy atom. The van der Waals surface area contributed by atoms with Gasteiger partial charge in [-0.3, -0.25) is 4.98 Å². The molecule has 0 aliphatic rings. The van der Waals surface area contributed by atoms with E-state index < -0.39 is 0 Å². The van der Waals surface area contributed by atoms with Crippen LogP contribution in [0.15, 0.2) is 18.5 Å². The molecule has 0 atom stereocenters. The van der Waals surface area contributed by atoms with E-state index >= 15 is 0 Å². The monoisotopic (exact) mass is 296 g/mol. The lowest BCUT2D eigenvalue weighted by Gasteiger charge is -2.21. The Balaban J connectivity index is 2.31. The van der Waals surface area contributed by atoms with Crippen LogP contribution >= 0.6 is 0 Å². The lowest BCUT2D eigenvalue weighted by molar-refractivity contribution is 0.0644. The molecule has 0 aliphatic heterocycles. The zero-order chi connectivity index (χ0) is 15.6. The molecule has 21 heavy (non-hydrogen) atoms. The number of methoxy groups -OCH3 is 1. The van der Waals surface area contributed by atoms with E-state index in [0.717, 1.165) is 24.3 Å². The maximum absolute atomic E-state index is 5.82. The molecule has 1 rings (SSSR count). The Morgan fingerprint density at radius 1 is 1.14 bits per heavy atom. The van der Waals surface area contributed by atoms with Gasteiger partial charge in [0, 0.05) is 50.2 Å². The molecule has 0 spiro atoms. The van der Waals surface area contributed by atoms with Gasteiger partial charge in [-0.1, -0.05) is 0 Å². The summed E-state index contributed by atoms with van der Waals surface area (Å²) in [6, 6.07) is 1.91. The number of ether oxygens (including phenoxy) is 3. The van der Waals surface area contributed by atoms with Crippen molar-refractivity contribution in [3.8, 4) is 5.75 Å². The van der Waals surface area contributed by atoms with Gasteiger partial charge in [0.1, 0.15) is 5.75 Å². The second kappa shape index (κ2) is 9.71. The van der Waals surface area contributed by atoms with Crippen molar-refractivity contribution < 1.29 is 14.2 Å². The van der Waals surface area contributed by atoms with E-state index in [0.29, 0.717) is 26.4 Å². The number of hydrogen-bond acceptors (Lipinski definition) is 5. The molecular weight excluding hydrogens is 268 g/mol. The van der Waals surface area contributed by atoms with Crippen LogP contribution < -0.4 is 10.1 Å². The average Bonchev–Trinajstić information content (AvgIpc) is 2.44. The lowest BCUT2D eigenvalue weighted by Crippen LogP contribution is -2.35. The van der Waals surface area contributed by atoms with Crippen molar-refractivity contribution in [3.63, 3.8) is 0 Å². The van der Waals surface area contributed by atoms with Crippen molar-refractivity contribution in [3.05, 3.63) is 24.0 Å². The summed E-state index contributed by atoms with van der Waals surface area (Å²) in [7, 11) is 1.67. The first-order valence-electron chi connectivity index (χ1n) is 7.40. The highest BCUT2D eigenvalue weighted by molar-refractivity contribution is 5.30. The highest BCUT2D eigenvalue weighted by atomic mass is 16.5. The highest BCUT2D eigenvalue weighted by Crippen LogP contribution is 2.17. The summed E-state index contributed by atoms with van der Waals surface area (Å²) in [5, 5.41) is 3.44. The molecule has 1 heterocycles. The lowest BCUT2D eigenvalue weighted by atomic mass is 10.1. The van der Waals surface area contributed by atoms with Gasteiger partial charge >= 0.3 is 0 Å². The summed E-state index contributed by atoms with van der Waals surface area (Å²) in [4.78, 5) is 4.17. The number of hydrogen-bond donors (Lipinski definition) is 1. The van der Waals surface area contributed by atoms with Crippen LogP contribution in [0.2, 0.25) is 0 Å². The molecule has 1 aromatic rings. The van der Waals surface area contributed by atoms with Crippen molar-refractivity contribution in [1.29, 1.82) is 0 Å². The van der Waals surface area contributed by atoms with Crippen LogP contribution in [0.4, 0.5) is 0 Å². The van der Waals surface area contributed by atoms with E-state index in [4.69, 9.17) is 14.2 Å². The molecule has 0 aromatic carbocycles. The second-order valence-corrected chi connectivity index (χ2v) is 5.89. The normalized spacial score (nSPS) is 11.6. The summed E-state index contributed by atoms with van der Waals surface area (Å²) in [6.45, 7) is 9.75. The van der Waals surface area contributed by atoms with Gasteiger partial charge in [-0.15, -0.1) is 0 Å². The van der Waals surface area contributed by atoms with Crippen molar-refractivity contribution >= 4 is 0 Å². The standard InChI is InChI=1S/C16H28N2O3/c1-16(2,3)18-13-14-12-17-7-6-15(14)21-9-5-8-20-11-10-19-4/h6-7,12,18H,5,8-11,13H2,1-4H3. The third-order valence-electron chi connectivity index (χ3n) is 2.79. The van der Waals surface area contributed by atoms with Gasteiger partial charge in [0.25, 0.3) is 0 Å². The first-order chi connectivity index (χ1) is 10.0. The molecule has 0 fully saturated rings. The van der Waals surface area contributed by atoms with Gasteiger partial charge in [0.15, 0.2) is 0 Å². The maximum atomic E-state index is 5.82. The molecule has 1 aromatic heterocycles. The summed E-state index contributed by atoms with van der Waals surface area (Å²) in [5.74, 6) is 0.888. The van der Waals surface area contributed by atoms with Crippen LogP contribution in [-0.2, 0) is 16.0 Å². The summed E-state index contributed by atoms with van der Waals surface area (Å²) >= 11 is 0. The first-order valence-corrected chi connectivity index (χ1v) is 7.40. The number of aromatic nitrogens is 1.